The molecule has 3 rings (SSSR count). The predicted molar refractivity (Wildman–Crippen MR) is 69.8 cm³/mol. The lowest BCUT2D eigenvalue weighted by Crippen LogP contribution is -2.26. The highest BCUT2D eigenvalue weighted by molar-refractivity contribution is 7.18. The van der Waals surface area contributed by atoms with Crippen LogP contribution in [0.5, 0.6) is 0 Å². The van der Waals surface area contributed by atoms with Gasteiger partial charge in [0.2, 0.25) is 5.28 Å². The summed E-state index contributed by atoms with van der Waals surface area (Å²) < 4.78 is 0. The van der Waals surface area contributed by atoms with E-state index < -0.39 is 0 Å². The third-order valence-electron chi connectivity index (χ3n) is 3.03. The Morgan fingerprint density at radius 2 is 2.29 bits per heavy atom. The molecule has 0 amide bonds. The summed E-state index contributed by atoms with van der Waals surface area (Å²) in [5, 5.41) is 13.9. The van der Waals surface area contributed by atoms with Crippen molar-refractivity contribution < 1.29 is 5.11 Å². The molecule has 0 unspecified atom stereocenters. The summed E-state index contributed by atoms with van der Waals surface area (Å²) in [5.41, 5.74) is -0.194. The van der Waals surface area contributed by atoms with Crippen molar-refractivity contribution in [3.05, 3.63) is 16.2 Å². The summed E-state index contributed by atoms with van der Waals surface area (Å²) in [4.78, 5) is 10.5. The van der Waals surface area contributed by atoms with E-state index >= 15 is 0 Å². The number of aryl methyl sites for hydroxylation is 1. The van der Waals surface area contributed by atoms with E-state index in [1.54, 1.807) is 11.3 Å². The van der Waals surface area contributed by atoms with Crippen LogP contribution >= 0.6 is 22.9 Å². The third-order valence-corrected chi connectivity index (χ3v) is 4.14. The van der Waals surface area contributed by atoms with Crippen molar-refractivity contribution in [2.24, 2.45) is 0 Å². The SMILES string of the molecule is Cc1cc2c(NC3(CO)CC3)nc(Cl)nc2s1. The fourth-order valence-electron chi connectivity index (χ4n) is 1.84. The van der Waals surface area contributed by atoms with Crippen molar-refractivity contribution in [2.45, 2.75) is 25.3 Å². The first-order valence-electron chi connectivity index (χ1n) is 5.45. The smallest absolute Gasteiger partial charge is 0.225 e. The van der Waals surface area contributed by atoms with Crippen LogP contribution in [-0.4, -0.2) is 27.2 Å². The molecule has 0 spiro atoms. The maximum Gasteiger partial charge on any atom is 0.225 e. The number of aliphatic hydroxyl groups is 1. The van der Waals surface area contributed by atoms with Gasteiger partial charge in [0.25, 0.3) is 0 Å². The van der Waals surface area contributed by atoms with E-state index in [2.05, 4.69) is 15.3 Å². The fourth-order valence-corrected chi connectivity index (χ4v) is 2.93. The Balaban J connectivity index is 2.08. The second-order valence-corrected chi connectivity index (χ2v) is 6.05. The van der Waals surface area contributed by atoms with Gasteiger partial charge >= 0.3 is 0 Å². The second-order valence-electron chi connectivity index (χ2n) is 4.48. The summed E-state index contributed by atoms with van der Waals surface area (Å²) in [6.45, 7) is 2.15. The summed E-state index contributed by atoms with van der Waals surface area (Å²) in [7, 11) is 0. The van der Waals surface area contributed by atoms with Gasteiger partial charge in [0, 0.05) is 4.88 Å². The number of aliphatic hydroxyl groups excluding tert-OH is 1. The molecule has 1 fully saturated rings. The molecule has 2 N–H and O–H groups in total. The van der Waals surface area contributed by atoms with Crippen molar-refractivity contribution >= 4 is 39.0 Å². The number of fused-ring (bicyclic) bond motifs is 1. The lowest BCUT2D eigenvalue weighted by atomic mass is 10.2. The number of nitrogens with zero attached hydrogens (tertiary/aromatic N) is 2. The van der Waals surface area contributed by atoms with E-state index in [1.165, 1.54) is 4.88 Å². The summed E-state index contributed by atoms with van der Waals surface area (Å²) in [6, 6.07) is 2.05. The molecule has 0 saturated heterocycles. The van der Waals surface area contributed by atoms with Crippen LogP contribution in [0, 0.1) is 6.92 Å². The number of hydrogen-bond acceptors (Lipinski definition) is 5. The van der Waals surface area contributed by atoms with Gasteiger partial charge in [-0.3, -0.25) is 0 Å². The number of hydrogen-bond donors (Lipinski definition) is 2. The molecule has 0 aromatic carbocycles. The predicted octanol–water partition coefficient (Wildman–Crippen LogP) is 2.59. The van der Waals surface area contributed by atoms with Gasteiger partial charge in [0.15, 0.2) is 0 Å². The van der Waals surface area contributed by atoms with Crippen molar-refractivity contribution in [3.8, 4) is 0 Å². The van der Waals surface area contributed by atoms with Gasteiger partial charge in [0.05, 0.1) is 17.5 Å². The molecule has 0 radical (unpaired) electrons. The van der Waals surface area contributed by atoms with E-state index in [0.29, 0.717) is 0 Å². The van der Waals surface area contributed by atoms with Gasteiger partial charge in [-0.15, -0.1) is 11.3 Å². The maximum atomic E-state index is 9.33. The highest BCUT2D eigenvalue weighted by Crippen LogP contribution is 2.40. The molecule has 2 heterocycles. The first-order chi connectivity index (χ1) is 8.12. The maximum absolute atomic E-state index is 9.33. The van der Waals surface area contributed by atoms with Gasteiger partial charge in [-0.2, -0.15) is 0 Å². The number of thiophene rings is 1. The lowest BCUT2D eigenvalue weighted by molar-refractivity contribution is 0.266. The van der Waals surface area contributed by atoms with Crippen molar-refractivity contribution in [2.75, 3.05) is 11.9 Å². The minimum atomic E-state index is -0.194. The highest BCUT2D eigenvalue weighted by atomic mass is 35.5. The van der Waals surface area contributed by atoms with E-state index in [9.17, 15) is 5.11 Å². The van der Waals surface area contributed by atoms with E-state index in [4.69, 9.17) is 11.6 Å². The van der Waals surface area contributed by atoms with Gasteiger partial charge in [-0.05, 0) is 37.4 Å². The number of nitrogens with one attached hydrogen (secondary N) is 1. The molecule has 90 valence electrons. The van der Waals surface area contributed by atoms with Crippen molar-refractivity contribution in [1.29, 1.82) is 0 Å². The first kappa shape index (κ1) is 11.2. The Bertz CT molecular complexity index is 579. The molecule has 2 aromatic rings. The zero-order valence-electron chi connectivity index (χ0n) is 9.33. The molecule has 17 heavy (non-hydrogen) atoms. The van der Waals surface area contributed by atoms with Crippen LogP contribution in [0.4, 0.5) is 5.82 Å². The van der Waals surface area contributed by atoms with Crippen LogP contribution in [0.15, 0.2) is 6.07 Å². The van der Waals surface area contributed by atoms with E-state index in [0.717, 1.165) is 28.9 Å². The highest BCUT2D eigenvalue weighted by Gasteiger charge is 2.42. The molecule has 1 aliphatic rings. The summed E-state index contributed by atoms with van der Waals surface area (Å²) >= 11 is 7.50. The Morgan fingerprint density at radius 3 is 2.94 bits per heavy atom. The van der Waals surface area contributed by atoms with Crippen molar-refractivity contribution in [1.82, 2.24) is 9.97 Å². The Hall–Kier alpha value is -0.910. The van der Waals surface area contributed by atoms with E-state index in [-0.39, 0.29) is 17.4 Å². The molecular weight excluding hydrogens is 258 g/mol. The number of aromatic nitrogens is 2. The monoisotopic (exact) mass is 269 g/mol. The zero-order valence-corrected chi connectivity index (χ0v) is 10.9. The Labute approximate surface area is 108 Å². The molecular formula is C11H12ClN3OS. The quantitative estimate of drug-likeness (QED) is 0.841. The second kappa shape index (κ2) is 3.80. The van der Waals surface area contributed by atoms with Crippen LogP contribution in [0.25, 0.3) is 10.2 Å². The molecule has 1 aliphatic carbocycles. The van der Waals surface area contributed by atoms with Gasteiger partial charge in [0.1, 0.15) is 10.6 Å². The number of anilines is 1. The average Bonchev–Trinajstić information content (AvgIpc) is 2.94. The van der Waals surface area contributed by atoms with Crippen LogP contribution in [-0.2, 0) is 0 Å². The third kappa shape index (κ3) is 1.99. The number of halogens is 1. The molecule has 0 aliphatic heterocycles. The fraction of sp³-hybridized carbons (Fsp3) is 0.455. The number of rotatable bonds is 3. The van der Waals surface area contributed by atoms with Crippen LogP contribution in [0.1, 0.15) is 17.7 Å². The van der Waals surface area contributed by atoms with Crippen LogP contribution in [0.3, 0.4) is 0 Å². The summed E-state index contributed by atoms with van der Waals surface area (Å²) in [5.74, 6) is 0.732. The van der Waals surface area contributed by atoms with Crippen LogP contribution in [0.2, 0.25) is 5.28 Å². The molecule has 2 aromatic heterocycles. The normalized spacial score (nSPS) is 17.4. The molecule has 6 heteroatoms. The molecule has 0 bridgehead atoms. The standard InChI is InChI=1S/C11H12ClN3OS/c1-6-4-7-8(15-11(5-16)2-3-11)13-10(12)14-9(7)17-6/h4,16H,2-3,5H2,1H3,(H,13,14,15). The Morgan fingerprint density at radius 1 is 1.53 bits per heavy atom. The topological polar surface area (TPSA) is 58.0 Å². The largest absolute Gasteiger partial charge is 0.394 e. The minimum absolute atomic E-state index is 0.124. The lowest BCUT2D eigenvalue weighted by Gasteiger charge is -2.15. The zero-order chi connectivity index (χ0) is 12.0. The van der Waals surface area contributed by atoms with Gasteiger partial charge in [-0.25, -0.2) is 9.97 Å². The molecule has 4 nitrogen and oxygen atoms in total. The van der Waals surface area contributed by atoms with E-state index in [1.807, 2.05) is 13.0 Å². The van der Waals surface area contributed by atoms with Gasteiger partial charge < -0.3 is 10.4 Å². The molecule has 0 atom stereocenters. The first-order valence-corrected chi connectivity index (χ1v) is 6.64. The minimum Gasteiger partial charge on any atom is -0.394 e. The average molecular weight is 270 g/mol. The molecule has 1 saturated carbocycles. The van der Waals surface area contributed by atoms with Gasteiger partial charge in [-0.1, -0.05) is 0 Å². The summed E-state index contributed by atoms with van der Waals surface area (Å²) in [6.07, 6.45) is 1.94. The van der Waals surface area contributed by atoms with Crippen LogP contribution < -0.4 is 5.32 Å². The van der Waals surface area contributed by atoms with Crippen molar-refractivity contribution in [3.63, 3.8) is 0 Å². The Kier molecular flexibility index (Phi) is 2.50.